The fraction of sp³-hybridized carbons (Fsp3) is 0.350. The van der Waals surface area contributed by atoms with E-state index in [4.69, 9.17) is 0 Å². The van der Waals surface area contributed by atoms with Gasteiger partial charge in [0.25, 0.3) is 0 Å². The molecule has 29 heavy (non-hydrogen) atoms. The highest BCUT2D eigenvalue weighted by Gasteiger charge is 2.34. The van der Waals surface area contributed by atoms with E-state index in [-0.39, 0.29) is 11.7 Å². The molecule has 0 radical (unpaired) electrons. The molecule has 2 aromatic rings. The molecule has 0 saturated carbocycles. The number of hydrazone groups is 1. The maximum absolute atomic E-state index is 13.4. The van der Waals surface area contributed by atoms with Gasteiger partial charge < -0.3 is 9.88 Å². The molecule has 0 fully saturated rings. The van der Waals surface area contributed by atoms with Crippen molar-refractivity contribution in [2.75, 3.05) is 0 Å². The van der Waals surface area contributed by atoms with Gasteiger partial charge in [0.2, 0.25) is 0 Å². The summed E-state index contributed by atoms with van der Waals surface area (Å²) in [5.74, 6) is -1.72. The van der Waals surface area contributed by atoms with E-state index >= 15 is 0 Å². The Kier molecular flexibility index (Phi) is 6.84. The lowest BCUT2D eigenvalue weighted by atomic mass is 10.1. The van der Waals surface area contributed by atoms with Crippen LogP contribution in [0.15, 0.2) is 35.4 Å². The third kappa shape index (κ3) is 5.24. The third-order valence-electron chi connectivity index (χ3n) is 4.49. The minimum atomic E-state index is -4.50. The van der Waals surface area contributed by atoms with Crippen molar-refractivity contribution in [3.05, 3.63) is 52.8 Å². The van der Waals surface area contributed by atoms with Crippen LogP contribution in [0.25, 0.3) is 5.69 Å². The second-order valence-electron chi connectivity index (χ2n) is 6.66. The van der Waals surface area contributed by atoms with Crippen LogP contribution in [0, 0.1) is 13.8 Å². The number of halogens is 3. The molecule has 0 spiro atoms. The summed E-state index contributed by atoms with van der Waals surface area (Å²) < 4.78 is 41.6. The molecule has 2 amide bonds. The number of alkyl halides is 3. The molecule has 1 atom stereocenters. The first-order chi connectivity index (χ1) is 13.6. The monoisotopic (exact) mass is 408 g/mol. The zero-order valence-corrected chi connectivity index (χ0v) is 16.6. The quantitative estimate of drug-likeness (QED) is 0.452. The van der Waals surface area contributed by atoms with Crippen LogP contribution in [0.5, 0.6) is 0 Å². The van der Waals surface area contributed by atoms with Crippen LogP contribution in [0.2, 0.25) is 0 Å². The first-order valence-electron chi connectivity index (χ1n) is 9.05. The average Bonchev–Trinajstić information content (AvgIpc) is 2.94. The zero-order valence-electron chi connectivity index (χ0n) is 16.6. The van der Waals surface area contributed by atoms with Gasteiger partial charge >= 0.3 is 18.0 Å². The Bertz CT molecular complexity index is 932. The Morgan fingerprint density at radius 2 is 1.86 bits per heavy atom. The number of aryl methyl sites for hydroxylation is 1. The van der Waals surface area contributed by atoms with Gasteiger partial charge in [-0.15, -0.1) is 0 Å². The molecule has 2 N–H and O–H groups in total. The van der Waals surface area contributed by atoms with Gasteiger partial charge in [-0.25, -0.2) is 5.43 Å². The summed E-state index contributed by atoms with van der Waals surface area (Å²) in [5.41, 5.74) is 2.98. The number of aromatic nitrogens is 1. The van der Waals surface area contributed by atoms with Crippen molar-refractivity contribution in [2.24, 2.45) is 5.10 Å². The van der Waals surface area contributed by atoms with Gasteiger partial charge in [-0.05, 0) is 45.4 Å². The minimum Gasteiger partial charge on any atom is -0.345 e. The number of hydrogen-bond donors (Lipinski definition) is 2. The predicted molar refractivity (Wildman–Crippen MR) is 104 cm³/mol. The lowest BCUT2D eigenvalue weighted by Crippen LogP contribution is -2.41. The summed E-state index contributed by atoms with van der Waals surface area (Å²) in [5, 5.41) is 6.26. The lowest BCUT2D eigenvalue weighted by molar-refractivity contribution is -0.139. The maximum atomic E-state index is 13.4. The topological polar surface area (TPSA) is 75.5 Å². The number of rotatable bonds is 5. The van der Waals surface area contributed by atoms with E-state index in [1.54, 1.807) is 26.8 Å². The molecular formula is C20H23F3N4O2. The van der Waals surface area contributed by atoms with E-state index < -0.39 is 23.6 Å². The smallest absolute Gasteiger partial charge is 0.345 e. The van der Waals surface area contributed by atoms with Gasteiger partial charge in [0.05, 0.1) is 17.5 Å². The zero-order chi connectivity index (χ0) is 21.8. The molecule has 2 rings (SSSR count). The molecule has 9 heteroatoms. The third-order valence-corrected chi connectivity index (χ3v) is 4.49. The van der Waals surface area contributed by atoms with Gasteiger partial charge in [0.15, 0.2) is 0 Å². The highest BCUT2D eigenvalue weighted by Crippen LogP contribution is 2.35. The van der Waals surface area contributed by atoms with Crippen molar-refractivity contribution in [3.63, 3.8) is 0 Å². The fourth-order valence-electron chi connectivity index (χ4n) is 2.80. The number of amides is 2. The molecule has 1 heterocycles. The normalized spacial score (nSPS) is 12.8. The van der Waals surface area contributed by atoms with E-state index in [9.17, 15) is 22.8 Å². The first kappa shape index (κ1) is 22.2. The summed E-state index contributed by atoms with van der Waals surface area (Å²) in [6, 6.07) is 6.79. The second kappa shape index (κ2) is 8.93. The standard InChI is InChI=1S/C20H23F3N4O2/c1-5-12(2)25-18(28)19(29)26-24-11-15-10-13(3)27(14(15)4)17-9-7-6-8-16(17)20(21,22)23/h6-12H,5H2,1-4H3,(H,25,28)(H,26,29)/b24-11-/t12-/m1/s1. The van der Waals surface area contributed by atoms with Crippen molar-refractivity contribution in [1.82, 2.24) is 15.3 Å². The van der Waals surface area contributed by atoms with Crippen molar-refractivity contribution in [1.29, 1.82) is 0 Å². The molecule has 1 aromatic carbocycles. The van der Waals surface area contributed by atoms with Crippen LogP contribution >= 0.6 is 0 Å². The van der Waals surface area contributed by atoms with E-state index in [0.29, 0.717) is 23.4 Å². The molecule has 0 aliphatic heterocycles. The number of carbonyl (C=O) groups excluding carboxylic acids is 2. The van der Waals surface area contributed by atoms with Gasteiger partial charge in [-0.3, -0.25) is 9.59 Å². The predicted octanol–water partition coefficient (Wildman–Crippen LogP) is 3.48. The van der Waals surface area contributed by atoms with E-state index in [1.807, 2.05) is 6.92 Å². The summed E-state index contributed by atoms with van der Waals surface area (Å²) in [7, 11) is 0. The van der Waals surface area contributed by atoms with Gasteiger partial charge in [-0.2, -0.15) is 18.3 Å². The van der Waals surface area contributed by atoms with Crippen molar-refractivity contribution < 1.29 is 22.8 Å². The fourth-order valence-corrected chi connectivity index (χ4v) is 2.80. The Morgan fingerprint density at radius 1 is 1.21 bits per heavy atom. The molecule has 0 aliphatic rings. The lowest BCUT2D eigenvalue weighted by Gasteiger charge is -2.16. The Balaban J connectivity index is 2.24. The summed E-state index contributed by atoms with van der Waals surface area (Å²) >= 11 is 0. The number of carbonyl (C=O) groups is 2. The molecule has 1 aromatic heterocycles. The van der Waals surface area contributed by atoms with Crippen LogP contribution in [0.1, 0.15) is 42.8 Å². The molecule has 0 aliphatic carbocycles. The van der Waals surface area contributed by atoms with Crippen molar-refractivity contribution >= 4 is 18.0 Å². The molecular weight excluding hydrogens is 385 g/mol. The number of nitrogens with one attached hydrogen (secondary N) is 2. The Morgan fingerprint density at radius 3 is 2.48 bits per heavy atom. The van der Waals surface area contributed by atoms with Gasteiger partial charge in [0.1, 0.15) is 0 Å². The van der Waals surface area contributed by atoms with E-state index in [2.05, 4.69) is 15.8 Å². The summed E-state index contributed by atoms with van der Waals surface area (Å²) in [6.07, 6.45) is -2.53. The second-order valence-corrected chi connectivity index (χ2v) is 6.66. The van der Waals surface area contributed by atoms with Gasteiger partial charge in [-0.1, -0.05) is 19.1 Å². The molecule has 0 unspecified atom stereocenters. The molecule has 156 valence electrons. The van der Waals surface area contributed by atoms with Crippen LogP contribution in [-0.2, 0) is 15.8 Å². The SMILES string of the molecule is CC[C@@H](C)NC(=O)C(=O)N/N=C\c1cc(C)n(-c2ccccc2C(F)(F)F)c1C. The maximum Gasteiger partial charge on any atom is 0.418 e. The van der Waals surface area contributed by atoms with E-state index in [0.717, 1.165) is 6.07 Å². The van der Waals surface area contributed by atoms with Gasteiger partial charge in [0, 0.05) is 23.0 Å². The molecule has 0 bridgehead atoms. The highest BCUT2D eigenvalue weighted by molar-refractivity contribution is 6.35. The molecule has 6 nitrogen and oxygen atoms in total. The Labute approximate surface area is 166 Å². The summed E-state index contributed by atoms with van der Waals surface area (Å²) in [4.78, 5) is 23.4. The summed E-state index contributed by atoms with van der Waals surface area (Å²) in [6.45, 7) is 6.96. The first-order valence-corrected chi connectivity index (χ1v) is 9.05. The number of hydrogen-bond acceptors (Lipinski definition) is 3. The number of nitrogens with zero attached hydrogens (tertiary/aromatic N) is 2. The van der Waals surface area contributed by atoms with Crippen molar-refractivity contribution in [3.8, 4) is 5.69 Å². The van der Waals surface area contributed by atoms with Crippen LogP contribution in [0.3, 0.4) is 0 Å². The van der Waals surface area contributed by atoms with Crippen LogP contribution < -0.4 is 10.7 Å². The molecule has 0 saturated heterocycles. The average molecular weight is 408 g/mol. The minimum absolute atomic E-state index is 0.00613. The van der Waals surface area contributed by atoms with E-state index in [1.165, 1.54) is 29.0 Å². The van der Waals surface area contributed by atoms with Crippen LogP contribution in [-0.4, -0.2) is 28.6 Å². The number of para-hydroxylation sites is 1. The number of benzene rings is 1. The van der Waals surface area contributed by atoms with Crippen molar-refractivity contribution in [2.45, 2.75) is 46.3 Å². The largest absolute Gasteiger partial charge is 0.418 e. The Hall–Kier alpha value is -3.10. The van der Waals surface area contributed by atoms with Crippen LogP contribution in [0.4, 0.5) is 13.2 Å². The highest BCUT2D eigenvalue weighted by atomic mass is 19.4.